The molecule has 0 saturated heterocycles. The molecule has 0 aromatic heterocycles. The number of hydrogen-bond donors (Lipinski definition) is 1. The van der Waals surface area contributed by atoms with Crippen LogP contribution in [0.4, 0.5) is 5.69 Å². The van der Waals surface area contributed by atoms with Crippen molar-refractivity contribution in [2.45, 2.75) is 40.7 Å². The molecule has 26 heavy (non-hydrogen) atoms. The Bertz CT molecular complexity index is 906. The molecule has 0 bridgehead atoms. The monoisotopic (exact) mass is 346 g/mol. The third-order valence-corrected chi connectivity index (χ3v) is 4.93. The van der Waals surface area contributed by atoms with Crippen molar-refractivity contribution in [3.63, 3.8) is 0 Å². The van der Waals surface area contributed by atoms with E-state index in [4.69, 9.17) is 4.99 Å². The second kappa shape index (κ2) is 7.79. The first kappa shape index (κ1) is 18.3. The SMILES string of the molecule is CCCNCc1ccc(N=C2C(C)=C(C)C(=O)c3ccccc32)c(C)c1. The van der Waals surface area contributed by atoms with Gasteiger partial charge in [0.25, 0.3) is 0 Å². The van der Waals surface area contributed by atoms with Crippen LogP contribution in [-0.4, -0.2) is 18.0 Å². The molecular formula is C23H26N2O. The van der Waals surface area contributed by atoms with Gasteiger partial charge in [-0.3, -0.25) is 4.79 Å². The summed E-state index contributed by atoms with van der Waals surface area (Å²) in [5, 5.41) is 3.43. The number of allylic oxidation sites excluding steroid dienone is 2. The van der Waals surface area contributed by atoms with E-state index in [9.17, 15) is 4.79 Å². The van der Waals surface area contributed by atoms with E-state index in [1.807, 2.05) is 38.1 Å². The third-order valence-electron chi connectivity index (χ3n) is 4.93. The molecule has 134 valence electrons. The minimum atomic E-state index is 0.103. The highest BCUT2D eigenvalue weighted by atomic mass is 16.1. The Labute approximate surface area is 155 Å². The van der Waals surface area contributed by atoms with Crippen LogP contribution in [0.1, 0.15) is 54.2 Å². The summed E-state index contributed by atoms with van der Waals surface area (Å²) in [6.07, 6.45) is 1.13. The number of nitrogens with one attached hydrogen (secondary N) is 1. The van der Waals surface area contributed by atoms with Crippen molar-refractivity contribution in [3.8, 4) is 0 Å². The Balaban J connectivity index is 2.00. The van der Waals surface area contributed by atoms with Crippen LogP contribution in [0.25, 0.3) is 0 Å². The fraction of sp³-hybridized carbons (Fsp3) is 0.304. The van der Waals surface area contributed by atoms with Crippen molar-refractivity contribution in [1.82, 2.24) is 5.32 Å². The zero-order valence-electron chi connectivity index (χ0n) is 16.0. The molecule has 1 aliphatic carbocycles. The highest BCUT2D eigenvalue weighted by Gasteiger charge is 2.25. The summed E-state index contributed by atoms with van der Waals surface area (Å²) >= 11 is 0. The van der Waals surface area contributed by atoms with E-state index in [0.29, 0.717) is 0 Å². The van der Waals surface area contributed by atoms with Crippen molar-refractivity contribution in [2.24, 2.45) is 4.99 Å². The lowest BCUT2D eigenvalue weighted by atomic mass is 9.85. The number of nitrogens with zero attached hydrogens (tertiary/aromatic N) is 1. The van der Waals surface area contributed by atoms with E-state index < -0.39 is 0 Å². The normalized spacial score (nSPS) is 15.5. The van der Waals surface area contributed by atoms with Crippen LogP contribution in [0.2, 0.25) is 0 Å². The molecule has 0 amide bonds. The summed E-state index contributed by atoms with van der Waals surface area (Å²) in [5.74, 6) is 0.103. The molecule has 0 radical (unpaired) electrons. The molecule has 1 N–H and O–H groups in total. The van der Waals surface area contributed by atoms with Crippen LogP contribution < -0.4 is 5.32 Å². The van der Waals surface area contributed by atoms with Gasteiger partial charge in [-0.25, -0.2) is 4.99 Å². The number of hydrogen-bond acceptors (Lipinski definition) is 3. The summed E-state index contributed by atoms with van der Waals surface area (Å²) in [7, 11) is 0. The van der Waals surface area contributed by atoms with Crippen LogP contribution in [0.5, 0.6) is 0 Å². The maximum absolute atomic E-state index is 12.5. The van der Waals surface area contributed by atoms with E-state index >= 15 is 0 Å². The molecule has 0 spiro atoms. The average Bonchev–Trinajstić information content (AvgIpc) is 2.65. The standard InChI is InChI=1S/C23H26N2O/c1-5-12-24-14-18-10-11-21(15(2)13-18)25-22-16(3)17(4)23(26)20-9-7-6-8-19(20)22/h6-11,13,24H,5,12,14H2,1-4H3. The fourth-order valence-corrected chi connectivity index (χ4v) is 3.27. The van der Waals surface area contributed by atoms with E-state index in [1.54, 1.807) is 0 Å². The number of carbonyl (C=O) groups is 1. The summed E-state index contributed by atoms with van der Waals surface area (Å²) in [4.78, 5) is 17.5. The number of fused-ring (bicyclic) bond motifs is 1. The van der Waals surface area contributed by atoms with Crippen LogP contribution >= 0.6 is 0 Å². The highest BCUT2D eigenvalue weighted by Crippen LogP contribution is 2.29. The predicted octanol–water partition coefficient (Wildman–Crippen LogP) is 5.15. The molecule has 0 saturated carbocycles. The number of Topliss-reactive ketones (excluding diaryl/α,β-unsaturated/α-hetero) is 1. The molecule has 0 fully saturated rings. The van der Waals surface area contributed by atoms with Gasteiger partial charge >= 0.3 is 0 Å². The van der Waals surface area contributed by atoms with Crippen molar-refractivity contribution in [2.75, 3.05) is 6.54 Å². The first-order valence-corrected chi connectivity index (χ1v) is 9.23. The molecule has 2 aromatic carbocycles. The van der Waals surface area contributed by atoms with E-state index in [0.717, 1.165) is 58.7 Å². The summed E-state index contributed by atoms with van der Waals surface area (Å²) < 4.78 is 0. The zero-order chi connectivity index (χ0) is 18.7. The van der Waals surface area contributed by atoms with Gasteiger partial charge < -0.3 is 5.32 Å². The van der Waals surface area contributed by atoms with Crippen LogP contribution in [-0.2, 0) is 6.54 Å². The molecule has 0 atom stereocenters. The Morgan fingerprint density at radius 1 is 0.962 bits per heavy atom. The third kappa shape index (κ3) is 3.54. The molecular weight excluding hydrogens is 320 g/mol. The van der Waals surface area contributed by atoms with E-state index in [1.165, 1.54) is 5.56 Å². The predicted molar refractivity (Wildman–Crippen MR) is 109 cm³/mol. The molecule has 3 rings (SSSR count). The summed E-state index contributed by atoms with van der Waals surface area (Å²) in [6.45, 7) is 10.0. The maximum Gasteiger partial charge on any atom is 0.189 e. The molecule has 3 heteroatoms. The molecule has 3 nitrogen and oxygen atoms in total. The summed E-state index contributed by atoms with van der Waals surface area (Å²) in [6, 6.07) is 14.1. The average molecular weight is 346 g/mol. The minimum Gasteiger partial charge on any atom is -0.313 e. The van der Waals surface area contributed by atoms with Gasteiger partial charge in [0.2, 0.25) is 0 Å². The number of aliphatic imine (C=N–C) groups is 1. The van der Waals surface area contributed by atoms with Gasteiger partial charge in [-0.15, -0.1) is 0 Å². The lowest BCUT2D eigenvalue weighted by Crippen LogP contribution is -2.20. The number of rotatable bonds is 5. The van der Waals surface area contributed by atoms with Gasteiger partial charge in [0.15, 0.2) is 5.78 Å². The number of aryl methyl sites for hydroxylation is 1. The summed E-state index contributed by atoms with van der Waals surface area (Å²) in [5.41, 5.74) is 7.67. The Morgan fingerprint density at radius 3 is 2.38 bits per heavy atom. The van der Waals surface area contributed by atoms with Gasteiger partial charge in [0.1, 0.15) is 0 Å². The number of ketones is 1. The van der Waals surface area contributed by atoms with Crippen molar-refractivity contribution in [1.29, 1.82) is 0 Å². The first-order valence-electron chi connectivity index (χ1n) is 9.23. The van der Waals surface area contributed by atoms with Gasteiger partial charge in [0, 0.05) is 23.2 Å². The lowest BCUT2D eigenvalue weighted by Gasteiger charge is -2.20. The lowest BCUT2D eigenvalue weighted by molar-refractivity contribution is 0.103. The molecule has 2 aromatic rings. The topological polar surface area (TPSA) is 41.5 Å². The van der Waals surface area contributed by atoms with Crippen molar-refractivity contribution < 1.29 is 4.79 Å². The second-order valence-electron chi connectivity index (χ2n) is 6.88. The van der Waals surface area contributed by atoms with Crippen molar-refractivity contribution >= 4 is 17.2 Å². The van der Waals surface area contributed by atoms with Crippen LogP contribution in [0.3, 0.4) is 0 Å². The Kier molecular flexibility index (Phi) is 5.48. The van der Waals surface area contributed by atoms with Crippen molar-refractivity contribution in [3.05, 3.63) is 75.9 Å². The molecule has 0 heterocycles. The number of benzene rings is 2. The quantitative estimate of drug-likeness (QED) is 0.761. The van der Waals surface area contributed by atoms with Gasteiger partial charge in [0.05, 0.1) is 11.4 Å². The maximum atomic E-state index is 12.5. The largest absolute Gasteiger partial charge is 0.313 e. The zero-order valence-corrected chi connectivity index (χ0v) is 16.0. The van der Waals surface area contributed by atoms with Gasteiger partial charge in [-0.1, -0.05) is 43.3 Å². The molecule has 1 aliphatic rings. The van der Waals surface area contributed by atoms with Gasteiger partial charge in [-0.05, 0) is 56.5 Å². The van der Waals surface area contributed by atoms with Gasteiger partial charge in [-0.2, -0.15) is 0 Å². The fourth-order valence-electron chi connectivity index (χ4n) is 3.27. The molecule has 0 unspecified atom stereocenters. The van der Waals surface area contributed by atoms with E-state index in [-0.39, 0.29) is 5.78 Å². The minimum absolute atomic E-state index is 0.103. The first-order chi connectivity index (χ1) is 12.5. The number of carbonyl (C=O) groups excluding carboxylic acids is 1. The second-order valence-corrected chi connectivity index (χ2v) is 6.88. The van der Waals surface area contributed by atoms with Crippen LogP contribution in [0, 0.1) is 6.92 Å². The Morgan fingerprint density at radius 2 is 1.69 bits per heavy atom. The highest BCUT2D eigenvalue weighted by molar-refractivity contribution is 6.28. The molecule has 0 aliphatic heterocycles. The van der Waals surface area contributed by atoms with E-state index in [2.05, 4.69) is 37.4 Å². The smallest absolute Gasteiger partial charge is 0.189 e. The Hall–Kier alpha value is -2.52. The van der Waals surface area contributed by atoms with Crippen LogP contribution in [0.15, 0.2) is 58.6 Å².